The Hall–Kier alpha value is -2.34. The summed E-state index contributed by atoms with van der Waals surface area (Å²) in [4.78, 5) is 4.44. The van der Waals surface area contributed by atoms with Crippen molar-refractivity contribution >= 4 is 27.6 Å². The number of nitrogens with zero attached hydrogens (tertiary/aromatic N) is 2. The number of aromatic amines is 1. The Morgan fingerprint density at radius 2 is 2.00 bits per heavy atom. The molecule has 0 amide bonds. The van der Waals surface area contributed by atoms with Gasteiger partial charge in [-0.25, -0.2) is 0 Å². The zero-order valence-electron chi connectivity index (χ0n) is 11.3. The number of hydrogen-bond donors (Lipinski definition) is 2. The highest BCUT2D eigenvalue weighted by atomic mass is 79.9. The molecule has 2 N–H and O–H groups in total. The molecule has 0 unspecified atom stereocenters. The van der Waals surface area contributed by atoms with Crippen molar-refractivity contribution < 1.29 is 4.74 Å². The molecular weight excluding hydrogens is 332 g/mol. The van der Waals surface area contributed by atoms with Crippen molar-refractivity contribution in [2.75, 3.05) is 12.4 Å². The molecule has 0 saturated carbocycles. The number of hydrogen-bond acceptors (Lipinski definition) is 4. The van der Waals surface area contributed by atoms with Gasteiger partial charge in [-0.3, -0.25) is 5.10 Å². The first-order chi connectivity index (χ1) is 10.3. The summed E-state index contributed by atoms with van der Waals surface area (Å²) >= 11 is 3.44. The van der Waals surface area contributed by atoms with Crippen LogP contribution in [0.25, 0.3) is 11.4 Å². The van der Waals surface area contributed by atoms with Crippen LogP contribution < -0.4 is 10.1 Å². The van der Waals surface area contributed by atoms with E-state index in [0.717, 1.165) is 21.5 Å². The van der Waals surface area contributed by atoms with Crippen LogP contribution in [0.5, 0.6) is 5.75 Å². The maximum Gasteiger partial charge on any atom is 0.246 e. The van der Waals surface area contributed by atoms with Crippen molar-refractivity contribution in [3.05, 3.63) is 53.0 Å². The van der Waals surface area contributed by atoms with E-state index in [1.165, 1.54) is 0 Å². The smallest absolute Gasteiger partial charge is 0.246 e. The van der Waals surface area contributed by atoms with E-state index in [9.17, 15) is 0 Å². The molecule has 0 aliphatic rings. The maximum absolute atomic E-state index is 5.29. The van der Waals surface area contributed by atoms with Crippen molar-refractivity contribution in [1.29, 1.82) is 0 Å². The van der Waals surface area contributed by atoms with Gasteiger partial charge >= 0.3 is 0 Å². The molecule has 0 spiro atoms. The predicted octanol–water partition coefficient (Wildman–Crippen LogP) is 3.99. The lowest BCUT2D eigenvalue weighted by atomic mass is 10.2. The van der Waals surface area contributed by atoms with Crippen LogP contribution in [0, 0.1) is 0 Å². The SMILES string of the molecule is COc1ccccc1Nc1n[nH]c(-c2cccc(Br)c2)n1. The minimum Gasteiger partial charge on any atom is -0.495 e. The average Bonchev–Trinajstić information content (AvgIpc) is 2.96. The van der Waals surface area contributed by atoms with E-state index in [0.29, 0.717) is 11.8 Å². The summed E-state index contributed by atoms with van der Waals surface area (Å²) in [5.74, 6) is 1.94. The first-order valence-corrected chi connectivity index (χ1v) is 7.14. The van der Waals surface area contributed by atoms with Gasteiger partial charge in [0.15, 0.2) is 5.82 Å². The lowest BCUT2D eigenvalue weighted by molar-refractivity contribution is 0.417. The molecule has 5 nitrogen and oxygen atoms in total. The fourth-order valence-electron chi connectivity index (χ4n) is 1.95. The fraction of sp³-hybridized carbons (Fsp3) is 0.0667. The molecule has 0 atom stereocenters. The number of ether oxygens (including phenoxy) is 1. The molecule has 1 heterocycles. The summed E-state index contributed by atoms with van der Waals surface area (Å²) in [6.45, 7) is 0. The molecule has 3 aromatic rings. The monoisotopic (exact) mass is 344 g/mol. The largest absolute Gasteiger partial charge is 0.495 e. The van der Waals surface area contributed by atoms with Gasteiger partial charge in [0.1, 0.15) is 5.75 Å². The third-order valence-corrected chi connectivity index (χ3v) is 3.43. The van der Waals surface area contributed by atoms with E-state index in [4.69, 9.17) is 4.74 Å². The molecule has 106 valence electrons. The minimum atomic E-state index is 0.495. The molecule has 0 saturated heterocycles. The molecular formula is C15H13BrN4O. The number of methoxy groups -OCH3 is 1. The van der Waals surface area contributed by atoms with Crippen LogP contribution in [0.4, 0.5) is 11.6 Å². The maximum atomic E-state index is 5.29. The molecule has 0 fully saturated rings. The van der Waals surface area contributed by atoms with Crippen LogP contribution in [-0.4, -0.2) is 22.3 Å². The van der Waals surface area contributed by atoms with E-state index in [1.807, 2.05) is 48.5 Å². The molecule has 6 heteroatoms. The number of H-pyrrole nitrogens is 1. The Morgan fingerprint density at radius 1 is 1.14 bits per heavy atom. The van der Waals surface area contributed by atoms with Crippen LogP contribution in [0.15, 0.2) is 53.0 Å². The van der Waals surface area contributed by atoms with Crippen molar-refractivity contribution in [3.63, 3.8) is 0 Å². The Kier molecular flexibility index (Phi) is 3.87. The van der Waals surface area contributed by atoms with Crippen molar-refractivity contribution in [3.8, 4) is 17.1 Å². The number of para-hydroxylation sites is 2. The molecule has 2 aromatic carbocycles. The number of halogens is 1. The van der Waals surface area contributed by atoms with Crippen molar-refractivity contribution in [2.45, 2.75) is 0 Å². The van der Waals surface area contributed by atoms with Crippen molar-refractivity contribution in [1.82, 2.24) is 15.2 Å². The third-order valence-electron chi connectivity index (χ3n) is 2.94. The van der Waals surface area contributed by atoms with Crippen molar-refractivity contribution in [2.24, 2.45) is 0 Å². The van der Waals surface area contributed by atoms with Gasteiger partial charge in [-0.2, -0.15) is 4.98 Å². The minimum absolute atomic E-state index is 0.495. The van der Waals surface area contributed by atoms with Gasteiger partial charge in [0.2, 0.25) is 5.95 Å². The first kappa shape index (κ1) is 13.6. The topological polar surface area (TPSA) is 62.8 Å². The van der Waals surface area contributed by atoms with Gasteiger partial charge in [0, 0.05) is 10.0 Å². The molecule has 0 radical (unpaired) electrons. The van der Waals surface area contributed by atoms with Crippen LogP contribution in [0.3, 0.4) is 0 Å². The van der Waals surface area contributed by atoms with Crippen LogP contribution in [-0.2, 0) is 0 Å². The van der Waals surface area contributed by atoms with Gasteiger partial charge in [0.25, 0.3) is 0 Å². The summed E-state index contributed by atoms with van der Waals surface area (Å²) in [5.41, 5.74) is 1.78. The van der Waals surface area contributed by atoms with E-state index in [1.54, 1.807) is 7.11 Å². The highest BCUT2D eigenvalue weighted by molar-refractivity contribution is 9.10. The molecule has 21 heavy (non-hydrogen) atoms. The number of rotatable bonds is 4. The zero-order chi connectivity index (χ0) is 14.7. The first-order valence-electron chi connectivity index (χ1n) is 6.34. The predicted molar refractivity (Wildman–Crippen MR) is 85.8 cm³/mol. The molecule has 0 bridgehead atoms. The Balaban J connectivity index is 1.85. The highest BCUT2D eigenvalue weighted by Crippen LogP contribution is 2.26. The third kappa shape index (κ3) is 3.05. The highest BCUT2D eigenvalue weighted by Gasteiger charge is 2.08. The molecule has 3 rings (SSSR count). The van der Waals surface area contributed by atoms with Gasteiger partial charge in [0.05, 0.1) is 12.8 Å². The second kappa shape index (κ2) is 5.97. The normalized spacial score (nSPS) is 10.4. The number of anilines is 2. The lowest BCUT2D eigenvalue weighted by Gasteiger charge is -2.07. The van der Waals surface area contributed by atoms with E-state index in [2.05, 4.69) is 36.4 Å². The molecule has 1 aromatic heterocycles. The Bertz CT molecular complexity index is 757. The van der Waals surface area contributed by atoms with Gasteiger partial charge in [-0.1, -0.05) is 40.2 Å². The zero-order valence-corrected chi connectivity index (χ0v) is 12.9. The van der Waals surface area contributed by atoms with Gasteiger partial charge in [-0.15, -0.1) is 5.10 Å². The quantitative estimate of drug-likeness (QED) is 0.751. The summed E-state index contributed by atoms with van der Waals surface area (Å²) in [6, 6.07) is 15.5. The van der Waals surface area contributed by atoms with Gasteiger partial charge < -0.3 is 10.1 Å². The Morgan fingerprint density at radius 3 is 2.81 bits per heavy atom. The number of aromatic nitrogens is 3. The summed E-state index contributed by atoms with van der Waals surface area (Å²) < 4.78 is 6.29. The molecule has 0 aliphatic heterocycles. The molecule has 0 aliphatic carbocycles. The van der Waals surface area contributed by atoms with Gasteiger partial charge in [-0.05, 0) is 24.3 Å². The van der Waals surface area contributed by atoms with Crippen LogP contribution in [0.1, 0.15) is 0 Å². The standard InChI is InChI=1S/C15H13BrN4O/c1-21-13-8-3-2-7-12(13)17-15-18-14(19-20-15)10-5-4-6-11(16)9-10/h2-9H,1H3,(H2,17,18,19,20). The summed E-state index contributed by atoms with van der Waals surface area (Å²) in [6.07, 6.45) is 0. The van der Waals surface area contributed by atoms with Crippen LogP contribution >= 0.6 is 15.9 Å². The Labute approximate surface area is 130 Å². The summed E-state index contributed by atoms with van der Waals surface area (Å²) in [7, 11) is 1.63. The van der Waals surface area contributed by atoms with E-state index in [-0.39, 0.29) is 0 Å². The number of benzene rings is 2. The van der Waals surface area contributed by atoms with E-state index >= 15 is 0 Å². The second-order valence-corrected chi connectivity index (χ2v) is 5.26. The second-order valence-electron chi connectivity index (χ2n) is 4.34. The number of nitrogens with one attached hydrogen (secondary N) is 2. The van der Waals surface area contributed by atoms with E-state index < -0.39 is 0 Å². The van der Waals surface area contributed by atoms with Crippen LogP contribution in [0.2, 0.25) is 0 Å². The lowest BCUT2D eigenvalue weighted by Crippen LogP contribution is -1.95. The average molecular weight is 345 g/mol. The fourth-order valence-corrected chi connectivity index (χ4v) is 2.35. The summed E-state index contributed by atoms with van der Waals surface area (Å²) in [5, 5.41) is 10.2.